The van der Waals surface area contributed by atoms with E-state index in [1.165, 1.54) is 16.7 Å². The van der Waals surface area contributed by atoms with Crippen LogP contribution in [0.4, 0.5) is 0 Å². The van der Waals surface area contributed by atoms with Crippen molar-refractivity contribution in [3.63, 3.8) is 0 Å². The lowest BCUT2D eigenvalue weighted by atomic mass is 9.85. The van der Waals surface area contributed by atoms with Gasteiger partial charge in [-0.1, -0.05) is 42.5 Å². The number of piperidine rings is 1. The molecule has 2 aromatic carbocycles. The number of allylic oxidation sites excluding steroid dienone is 2. The zero-order chi connectivity index (χ0) is 24.1. The molecule has 7 heteroatoms. The van der Waals surface area contributed by atoms with E-state index in [0.29, 0.717) is 25.4 Å². The van der Waals surface area contributed by atoms with Gasteiger partial charge in [-0.3, -0.25) is 4.79 Å². The van der Waals surface area contributed by atoms with Gasteiger partial charge in [-0.2, -0.15) is 9.57 Å². The Hall–Kier alpha value is -2.95. The molecule has 1 heterocycles. The predicted octanol–water partition coefficient (Wildman–Crippen LogP) is 4.98. The molecule has 0 amide bonds. The summed E-state index contributed by atoms with van der Waals surface area (Å²) in [5, 5.41) is 17.9. The molecule has 178 valence electrons. The Morgan fingerprint density at radius 2 is 1.71 bits per heavy atom. The minimum absolute atomic E-state index is 0.0276. The molecule has 34 heavy (non-hydrogen) atoms. The average Bonchev–Trinajstić information content (AvgIpc) is 2.88. The Bertz CT molecular complexity index is 1190. The number of aliphatic carboxylic acids is 1. The van der Waals surface area contributed by atoms with Gasteiger partial charge < -0.3 is 5.11 Å². The third-order valence-corrected chi connectivity index (χ3v) is 8.90. The summed E-state index contributed by atoms with van der Waals surface area (Å²) in [5.41, 5.74) is 4.59. The van der Waals surface area contributed by atoms with E-state index in [0.717, 1.165) is 37.7 Å². The van der Waals surface area contributed by atoms with Gasteiger partial charge in [0, 0.05) is 19.5 Å². The Kier molecular flexibility index (Phi) is 7.50. The first-order chi connectivity index (χ1) is 16.4. The van der Waals surface area contributed by atoms with Gasteiger partial charge in [0.25, 0.3) is 0 Å². The summed E-state index contributed by atoms with van der Waals surface area (Å²) in [4.78, 5) is 11.0. The smallest absolute Gasteiger partial charge is 0.303 e. The van der Waals surface area contributed by atoms with E-state index in [9.17, 15) is 13.2 Å². The summed E-state index contributed by atoms with van der Waals surface area (Å²) < 4.78 is 27.7. The number of nitriles is 1. The molecular formula is C27H30N2O4S. The molecule has 1 aliphatic carbocycles. The van der Waals surface area contributed by atoms with Gasteiger partial charge in [0.15, 0.2) is 0 Å². The Morgan fingerprint density at radius 1 is 1.03 bits per heavy atom. The lowest BCUT2D eigenvalue weighted by Gasteiger charge is -2.31. The molecule has 1 fully saturated rings. The highest BCUT2D eigenvalue weighted by Crippen LogP contribution is 2.34. The number of aryl methyl sites for hydroxylation is 1. The third-order valence-electron chi connectivity index (χ3n) is 6.99. The number of carboxylic acid groups (broad SMARTS) is 1. The standard InChI is InChI=1S/C27H30N2O4S/c28-19-21-1-6-22(7-2-21)23-8-10-24(11-9-23)25-15-17-29(18-16-25)34(32,33)26-12-3-20(4-13-26)5-14-27(30)31/h3-4,6,8-13,21,25H,1-2,5,7,14-18H2,(H,30,31). The lowest BCUT2D eigenvalue weighted by Crippen LogP contribution is -2.37. The SMILES string of the molecule is N#CC1CC=C(c2ccc(C3CCN(S(=O)(=O)c4ccc(CCC(=O)O)cc4)CC3)cc2)CC1. The number of carboxylic acids is 1. The maximum absolute atomic E-state index is 13.1. The zero-order valence-corrected chi connectivity index (χ0v) is 20.0. The van der Waals surface area contributed by atoms with E-state index >= 15 is 0 Å². The van der Waals surface area contributed by atoms with Crippen molar-refractivity contribution in [1.82, 2.24) is 4.31 Å². The largest absolute Gasteiger partial charge is 0.481 e. The van der Waals surface area contributed by atoms with Gasteiger partial charge in [-0.15, -0.1) is 0 Å². The fourth-order valence-corrected chi connectivity index (χ4v) is 6.31. The molecule has 0 aromatic heterocycles. The van der Waals surface area contributed by atoms with Crippen LogP contribution in [0.25, 0.3) is 5.57 Å². The van der Waals surface area contributed by atoms with E-state index in [4.69, 9.17) is 10.4 Å². The van der Waals surface area contributed by atoms with Gasteiger partial charge in [0.1, 0.15) is 0 Å². The number of hydrogen-bond acceptors (Lipinski definition) is 4. The van der Waals surface area contributed by atoms with E-state index in [1.54, 1.807) is 28.6 Å². The van der Waals surface area contributed by atoms with Crippen molar-refractivity contribution in [3.05, 3.63) is 71.3 Å². The molecule has 4 rings (SSSR count). The number of nitrogens with zero attached hydrogens (tertiary/aromatic N) is 2. The molecule has 6 nitrogen and oxygen atoms in total. The Labute approximate surface area is 201 Å². The van der Waals surface area contributed by atoms with Gasteiger partial charge in [-0.25, -0.2) is 8.42 Å². The first-order valence-electron chi connectivity index (χ1n) is 11.9. The van der Waals surface area contributed by atoms with Crippen molar-refractivity contribution in [3.8, 4) is 6.07 Å². The maximum atomic E-state index is 13.1. The first-order valence-corrected chi connectivity index (χ1v) is 13.3. The van der Waals surface area contributed by atoms with Crippen LogP contribution >= 0.6 is 0 Å². The topological polar surface area (TPSA) is 98.5 Å². The second kappa shape index (κ2) is 10.5. The molecule has 2 aliphatic rings. The Morgan fingerprint density at radius 3 is 2.26 bits per heavy atom. The molecule has 1 aliphatic heterocycles. The quantitative estimate of drug-likeness (QED) is 0.605. The normalized spacial score (nSPS) is 19.9. The van der Waals surface area contributed by atoms with Crippen LogP contribution in [0.15, 0.2) is 59.5 Å². The minimum Gasteiger partial charge on any atom is -0.481 e. The van der Waals surface area contributed by atoms with Crippen molar-refractivity contribution in [2.75, 3.05) is 13.1 Å². The number of rotatable bonds is 7. The summed E-state index contributed by atoms with van der Waals surface area (Å²) in [7, 11) is -3.56. The lowest BCUT2D eigenvalue weighted by molar-refractivity contribution is -0.136. The second-order valence-corrected chi connectivity index (χ2v) is 11.1. The van der Waals surface area contributed by atoms with Crippen LogP contribution in [-0.4, -0.2) is 36.9 Å². The van der Waals surface area contributed by atoms with Crippen LogP contribution in [0.3, 0.4) is 0 Å². The summed E-state index contributed by atoms with van der Waals surface area (Å²) >= 11 is 0. The highest BCUT2D eigenvalue weighted by Gasteiger charge is 2.30. The van der Waals surface area contributed by atoms with Crippen molar-refractivity contribution in [2.45, 2.75) is 55.8 Å². The highest BCUT2D eigenvalue weighted by atomic mass is 32.2. The fourth-order valence-electron chi connectivity index (χ4n) is 4.84. The van der Waals surface area contributed by atoms with Crippen molar-refractivity contribution < 1.29 is 18.3 Å². The summed E-state index contributed by atoms with van der Waals surface area (Å²) in [6.45, 7) is 0.965. The average molecular weight is 479 g/mol. The van der Waals surface area contributed by atoms with Crippen molar-refractivity contribution >= 4 is 21.6 Å². The molecule has 0 bridgehead atoms. The van der Waals surface area contributed by atoms with Gasteiger partial charge in [0.2, 0.25) is 10.0 Å². The fraction of sp³-hybridized carbons (Fsp3) is 0.407. The molecule has 0 radical (unpaired) electrons. The number of benzene rings is 2. The van der Waals surface area contributed by atoms with E-state index < -0.39 is 16.0 Å². The van der Waals surface area contributed by atoms with Gasteiger partial charge in [-0.05, 0) is 78.8 Å². The van der Waals surface area contributed by atoms with E-state index in [1.807, 2.05) is 0 Å². The molecule has 1 saturated heterocycles. The zero-order valence-electron chi connectivity index (χ0n) is 19.2. The van der Waals surface area contributed by atoms with E-state index in [2.05, 4.69) is 36.4 Å². The molecular weight excluding hydrogens is 448 g/mol. The van der Waals surface area contributed by atoms with Gasteiger partial charge >= 0.3 is 5.97 Å². The van der Waals surface area contributed by atoms with Gasteiger partial charge in [0.05, 0.1) is 16.9 Å². The maximum Gasteiger partial charge on any atom is 0.303 e. The molecule has 2 aromatic rings. The molecule has 1 N–H and O–H groups in total. The first kappa shape index (κ1) is 24.2. The second-order valence-electron chi connectivity index (χ2n) is 9.17. The number of carbonyl (C=O) groups is 1. The number of hydrogen-bond donors (Lipinski definition) is 1. The summed E-state index contributed by atoms with van der Waals surface area (Å²) in [6.07, 6.45) is 6.84. The molecule has 1 unspecified atom stereocenters. The Balaban J connectivity index is 1.35. The van der Waals surface area contributed by atoms with Crippen LogP contribution in [-0.2, 0) is 21.2 Å². The summed E-state index contributed by atoms with van der Waals surface area (Å²) in [6, 6.07) is 17.6. The predicted molar refractivity (Wildman–Crippen MR) is 131 cm³/mol. The minimum atomic E-state index is -3.56. The highest BCUT2D eigenvalue weighted by molar-refractivity contribution is 7.89. The van der Waals surface area contributed by atoms with Crippen LogP contribution in [0.5, 0.6) is 0 Å². The molecule has 0 spiro atoms. The van der Waals surface area contributed by atoms with Crippen LogP contribution in [0, 0.1) is 17.2 Å². The number of sulfonamides is 1. The monoisotopic (exact) mass is 478 g/mol. The van der Waals surface area contributed by atoms with Crippen LogP contribution in [0.2, 0.25) is 0 Å². The third kappa shape index (κ3) is 5.57. The van der Waals surface area contributed by atoms with Crippen LogP contribution < -0.4 is 0 Å². The van der Waals surface area contributed by atoms with Crippen molar-refractivity contribution in [1.29, 1.82) is 5.26 Å². The van der Waals surface area contributed by atoms with E-state index in [-0.39, 0.29) is 17.2 Å². The summed E-state index contributed by atoms with van der Waals surface area (Å²) in [5.74, 6) is -0.393. The van der Waals surface area contributed by atoms with Crippen molar-refractivity contribution in [2.24, 2.45) is 5.92 Å². The van der Waals surface area contributed by atoms with Crippen LogP contribution in [0.1, 0.15) is 61.1 Å². The molecule has 1 atom stereocenters. The molecule has 0 saturated carbocycles.